The standard InChI is InChI=1S/C41H81O10P/c1-3-5-7-9-11-13-15-17-19-21-23-25-27-29-31-33-41(45)51-39(37-50-52(46,47)49-35-38(43)34-42)36-48-40(44)32-30-28-26-24-22-20-18-16-14-12-10-8-6-4-2/h38-39,42-43H,3-37H2,1-2H3,(H,46,47)/t38-,39+/m0/s1. The predicted molar refractivity (Wildman–Crippen MR) is 210 cm³/mol. The number of phosphoric ester groups is 1. The molecule has 0 heterocycles. The minimum Gasteiger partial charge on any atom is -0.462 e. The SMILES string of the molecule is CCCCCCCCCCCCCCCCCC(=O)O[C@H](COC(=O)CCCCCCCCCCCCCCCC)COP(=O)(O)OC[C@@H](O)CO. The van der Waals surface area contributed by atoms with Crippen LogP contribution in [0.2, 0.25) is 0 Å². The summed E-state index contributed by atoms with van der Waals surface area (Å²) in [6, 6.07) is 0. The number of carbonyl (C=O) groups is 2. The molecule has 11 heteroatoms. The number of unbranched alkanes of at least 4 members (excludes halogenated alkanes) is 27. The maximum Gasteiger partial charge on any atom is 0.472 e. The molecule has 0 aromatic carbocycles. The first-order valence-electron chi connectivity index (χ1n) is 21.5. The zero-order valence-corrected chi connectivity index (χ0v) is 34.4. The average molecular weight is 765 g/mol. The van der Waals surface area contributed by atoms with Gasteiger partial charge in [-0.15, -0.1) is 0 Å². The lowest BCUT2D eigenvalue weighted by molar-refractivity contribution is -0.161. The molecule has 0 aromatic rings. The van der Waals surface area contributed by atoms with Crippen LogP contribution in [-0.2, 0) is 32.7 Å². The zero-order chi connectivity index (χ0) is 38.4. The van der Waals surface area contributed by atoms with Crippen LogP contribution in [0.4, 0.5) is 0 Å². The number of ether oxygens (including phenoxy) is 2. The molecule has 0 aliphatic heterocycles. The lowest BCUT2D eigenvalue weighted by Gasteiger charge is -2.20. The van der Waals surface area contributed by atoms with E-state index in [1.54, 1.807) is 0 Å². The van der Waals surface area contributed by atoms with Crippen molar-refractivity contribution in [2.75, 3.05) is 26.4 Å². The lowest BCUT2D eigenvalue weighted by Crippen LogP contribution is -2.29. The second-order valence-electron chi connectivity index (χ2n) is 14.7. The highest BCUT2D eigenvalue weighted by atomic mass is 31.2. The van der Waals surface area contributed by atoms with Gasteiger partial charge in [-0.2, -0.15) is 0 Å². The van der Waals surface area contributed by atoms with Crippen LogP contribution < -0.4 is 0 Å². The Morgan fingerprint density at radius 1 is 0.500 bits per heavy atom. The summed E-state index contributed by atoms with van der Waals surface area (Å²) in [5.41, 5.74) is 0. The van der Waals surface area contributed by atoms with E-state index in [4.69, 9.17) is 19.1 Å². The second kappa shape index (κ2) is 38.3. The van der Waals surface area contributed by atoms with Crippen LogP contribution in [0.15, 0.2) is 0 Å². The highest BCUT2D eigenvalue weighted by molar-refractivity contribution is 7.47. The second-order valence-corrected chi connectivity index (χ2v) is 16.2. The predicted octanol–water partition coefficient (Wildman–Crippen LogP) is 11.1. The summed E-state index contributed by atoms with van der Waals surface area (Å²) in [5, 5.41) is 18.3. The van der Waals surface area contributed by atoms with Crippen LogP contribution >= 0.6 is 7.82 Å². The number of esters is 2. The first-order chi connectivity index (χ1) is 25.2. The Bertz CT molecular complexity index is 842. The number of aliphatic hydroxyl groups is 2. The maximum atomic E-state index is 12.6. The third kappa shape index (κ3) is 37.3. The van der Waals surface area contributed by atoms with E-state index in [2.05, 4.69) is 18.4 Å². The molecule has 310 valence electrons. The van der Waals surface area contributed by atoms with Gasteiger partial charge in [0, 0.05) is 12.8 Å². The number of hydrogen-bond acceptors (Lipinski definition) is 9. The summed E-state index contributed by atoms with van der Waals surface area (Å²) in [7, 11) is -4.61. The molecule has 3 atom stereocenters. The Balaban J connectivity index is 4.26. The van der Waals surface area contributed by atoms with Crippen molar-refractivity contribution in [3.63, 3.8) is 0 Å². The molecule has 0 aliphatic carbocycles. The van der Waals surface area contributed by atoms with Crippen molar-refractivity contribution < 1.29 is 47.8 Å². The van der Waals surface area contributed by atoms with Gasteiger partial charge < -0.3 is 24.6 Å². The van der Waals surface area contributed by atoms with Gasteiger partial charge in [-0.05, 0) is 12.8 Å². The van der Waals surface area contributed by atoms with Gasteiger partial charge in [0.05, 0.1) is 19.8 Å². The monoisotopic (exact) mass is 765 g/mol. The first-order valence-corrected chi connectivity index (χ1v) is 23.0. The molecule has 1 unspecified atom stereocenters. The minimum atomic E-state index is -4.61. The molecule has 0 rings (SSSR count). The molecule has 10 nitrogen and oxygen atoms in total. The average Bonchev–Trinajstić information content (AvgIpc) is 3.13. The molecule has 0 aromatic heterocycles. The molecule has 0 saturated heterocycles. The maximum absolute atomic E-state index is 12.6. The number of hydrogen-bond donors (Lipinski definition) is 3. The van der Waals surface area contributed by atoms with Gasteiger partial charge >= 0.3 is 19.8 Å². The number of rotatable bonds is 41. The van der Waals surface area contributed by atoms with E-state index in [-0.39, 0.29) is 19.4 Å². The summed E-state index contributed by atoms with van der Waals surface area (Å²) in [4.78, 5) is 34.9. The summed E-state index contributed by atoms with van der Waals surface area (Å²) >= 11 is 0. The summed E-state index contributed by atoms with van der Waals surface area (Å²) < 4.78 is 32.7. The Labute approximate surface area is 318 Å². The van der Waals surface area contributed by atoms with Gasteiger partial charge in [0.15, 0.2) is 6.10 Å². The van der Waals surface area contributed by atoms with E-state index in [0.29, 0.717) is 12.8 Å². The number of carbonyl (C=O) groups excluding carboxylic acids is 2. The van der Waals surface area contributed by atoms with Crippen molar-refractivity contribution in [3.8, 4) is 0 Å². The third-order valence-corrected chi connectivity index (χ3v) is 10.5. The van der Waals surface area contributed by atoms with E-state index in [1.165, 1.54) is 141 Å². The Hall–Kier alpha value is -1.03. The van der Waals surface area contributed by atoms with Crippen LogP contribution in [-0.4, -0.2) is 65.7 Å². The molecule has 0 saturated carbocycles. The van der Waals surface area contributed by atoms with Crippen LogP contribution in [0, 0.1) is 0 Å². The fraction of sp³-hybridized carbons (Fsp3) is 0.951. The molecular weight excluding hydrogens is 683 g/mol. The van der Waals surface area contributed by atoms with E-state index in [1.807, 2.05) is 0 Å². The molecule has 0 radical (unpaired) electrons. The molecule has 0 fully saturated rings. The van der Waals surface area contributed by atoms with E-state index in [9.17, 15) is 24.2 Å². The van der Waals surface area contributed by atoms with Gasteiger partial charge in [-0.25, -0.2) is 4.57 Å². The number of phosphoric acid groups is 1. The molecule has 0 aliphatic rings. The van der Waals surface area contributed by atoms with Gasteiger partial charge in [0.2, 0.25) is 0 Å². The molecule has 0 amide bonds. The van der Waals surface area contributed by atoms with Gasteiger partial charge in [-0.1, -0.05) is 187 Å². The van der Waals surface area contributed by atoms with Gasteiger partial charge in [0.1, 0.15) is 12.7 Å². The normalized spacial score (nSPS) is 13.9. The fourth-order valence-electron chi connectivity index (χ4n) is 6.17. The van der Waals surface area contributed by atoms with Crippen molar-refractivity contribution in [1.29, 1.82) is 0 Å². The van der Waals surface area contributed by atoms with E-state index < -0.39 is 51.8 Å². The smallest absolute Gasteiger partial charge is 0.462 e. The van der Waals surface area contributed by atoms with Crippen LogP contribution in [0.1, 0.15) is 213 Å². The Kier molecular flexibility index (Phi) is 37.5. The topological polar surface area (TPSA) is 149 Å². The van der Waals surface area contributed by atoms with Crippen molar-refractivity contribution in [2.45, 2.75) is 225 Å². The molecular formula is C41H81O10P. The summed E-state index contributed by atoms with van der Waals surface area (Å²) in [6.07, 6.45) is 33.5. The fourth-order valence-corrected chi connectivity index (χ4v) is 6.96. The van der Waals surface area contributed by atoms with Crippen molar-refractivity contribution in [2.24, 2.45) is 0 Å². The van der Waals surface area contributed by atoms with Gasteiger partial charge in [0.25, 0.3) is 0 Å². The first kappa shape index (κ1) is 51.0. The van der Waals surface area contributed by atoms with Crippen LogP contribution in [0.3, 0.4) is 0 Å². The van der Waals surface area contributed by atoms with Crippen LogP contribution in [0.5, 0.6) is 0 Å². The lowest BCUT2D eigenvalue weighted by atomic mass is 10.0. The number of aliphatic hydroxyl groups excluding tert-OH is 2. The highest BCUT2D eigenvalue weighted by Gasteiger charge is 2.27. The molecule has 0 bridgehead atoms. The largest absolute Gasteiger partial charge is 0.472 e. The molecule has 52 heavy (non-hydrogen) atoms. The third-order valence-electron chi connectivity index (χ3n) is 9.51. The van der Waals surface area contributed by atoms with Crippen LogP contribution in [0.25, 0.3) is 0 Å². The van der Waals surface area contributed by atoms with E-state index in [0.717, 1.165) is 32.1 Å². The minimum absolute atomic E-state index is 0.192. The molecule has 0 spiro atoms. The zero-order valence-electron chi connectivity index (χ0n) is 33.6. The van der Waals surface area contributed by atoms with Crippen molar-refractivity contribution in [3.05, 3.63) is 0 Å². The summed E-state index contributed by atoms with van der Waals surface area (Å²) in [6.45, 7) is 2.41. The van der Waals surface area contributed by atoms with Crippen molar-refractivity contribution in [1.82, 2.24) is 0 Å². The molecule has 3 N–H and O–H groups in total. The quantitative estimate of drug-likeness (QED) is 0.0312. The summed E-state index contributed by atoms with van der Waals surface area (Å²) in [5.74, 6) is -0.910. The highest BCUT2D eigenvalue weighted by Crippen LogP contribution is 2.43. The van der Waals surface area contributed by atoms with Crippen molar-refractivity contribution >= 4 is 19.8 Å². The van der Waals surface area contributed by atoms with E-state index >= 15 is 0 Å². The Morgan fingerprint density at radius 2 is 0.827 bits per heavy atom. The Morgan fingerprint density at radius 3 is 1.19 bits per heavy atom. The van der Waals surface area contributed by atoms with Gasteiger partial charge in [-0.3, -0.25) is 18.6 Å².